The van der Waals surface area contributed by atoms with Gasteiger partial charge in [0.05, 0.1) is 6.54 Å². The lowest BCUT2D eigenvalue weighted by Crippen LogP contribution is -2.52. The Kier molecular flexibility index (Phi) is 3.88. The van der Waals surface area contributed by atoms with Gasteiger partial charge in [-0.3, -0.25) is 9.69 Å². The van der Waals surface area contributed by atoms with Crippen LogP contribution in [-0.2, 0) is 4.79 Å². The summed E-state index contributed by atoms with van der Waals surface area (Å²) in [5.41, 5.74) is 0. The third-order valence-corrected chi connectivity index (χ3v) is 2.78. The van der Waals surface area contributed by atoms with E-state index in [0.29, 0.717) is 12.6 Å². The minimum Gasteiger partial charge on any atom is -0.301 e. The van der Waals surface area contributed by atoms with Crippen LogP contribution in [0.25, 0.3) is 0 Å². The summed E-state index contributed by atoms with van der Waals surface area (Å²) >= 11 is 0. The molecule has 1 fully saturated rings. The highest BCUT2D eigenvalue weighted by atomic mass is 16.1. The van der Waals surface area contributed by atoms with Gasteiger partial charge in [-0.15, -0.1) is 0 Å². The van der Waals surface area contributed by atoms with Crippen LogP contribution in [0.15, 0.2) is 0 Å². The predicted octanol–water partition coefficient (Wildman–Crippen LogP) is 0.601. The topological polar surface area (TPSA) is 23.6 Å². The lowest BCUT2D eigenvalue weighted by atomic mass is 10.1. The summed E-state index contributed by atoms with van der Waals surface area (Å²) in [5, 5.41) is 0. The first kappa shape index (κ1) is 10.7. The molecule has 0 aliphatic carbocycles. The normalized spacial score (nSPS) is 26.2. The summed E-state index contributed by atoms with van der Waals surface area (Å²) in [5.74, 6) is 0.277. The largest absolute Gasteiger partial charge is 0.301 e. The Bertz CT molecular complexity index is 182. The molecular formula is C10H20N2O. The van der Waals surface area contributed by atoms with Gasteiger partial charge in [0.1, 0.15) is 5.78 Å². The van der Waals surface area contributed by atoms with Crippen molar-refractivity contribution in [3.63, 3.8) is 0 Å². The third kappa shape index (κ3) is 3.08. The number of ketones is 1. The number of likely N-dealkylation sites (N-methyl/N-ethyl adjacent to an activating group) is 1. The van der Waals surface area contributed by atoms with Gasteiger partial charge >= 0.3 is 0 Å². The SMILES string of the molecule is CCC1CN(CC(C)=O)CCN1C. The van der Waals surface area contributed by atoms with E-state index in [-0.39, 0.29) is 5.78 Å². The smallest absolute Gasteiger partial charge is 0.143 e. The molecule has 0 bridgehead atoms. The molecule has 3 heteroatoms. The van der Waals surface area contributed by atoms with Crippen molar-refractivity contribution in [1.82, 2.24) is 9.80 Å². The van der Waals surface area contributed by atoms with Gasteiger partial charge in [0.2, 0.25) is 0 Å². The molecule has 3 nitrogen and oxygen atoms in total. The Morgan fingerprint density at radius 3 is 2.69 bits per heavy atom. The van der Waals surface area contributed by atoms with Gasteiger partial charge in [-0.2, -0.15) is 0 Å². The highest BCUT2D eigenvalue weighted by molar-refractivity contribution is 5.77. The molecule has 76 valence electrons. The second-order valence-electron chi connectivity index (χ2n) is 3.98. The van der Waals surface area contributed by atoms with E-state index in [4.69, 9.17) is 0 Å². The van der Waals surface area contributed by atoms with Crippen LogP contribution >= 0.6 is 0 Å². The standard InChI is InChI=1S/C10H20N2O/c1-4-10-8-12(7-9(2)13)6-5-11(10)3/h10H,4-8H2,1-3H3. The van der Waals surface area contributed by atoms with Crippen LogP contribution in [0, 0.1) is 0 Å². The van der Waals surface area contributed by atoms with Crippen LogP contribution in [0.2, 0.25) is 0 Å². The van der Waals surface area contributed by atoms with Gasteiger partial charge in [-0.1, -0.05) is 6.92 Å². The fourth-order valence-electron chi connectivity index (χ4n) is 1.91. The number of carbonyl (C=O) groups is 1. The second kappa shape index (κ2) is 4.72. The number of carbonyl (C=O) groups excluding carboxylic acids is 1. The van der Waals surface area contributed by atoms with Crippen LogP contribution in [0.1, 0.15) is 20.3 Å². The number of Topliss-reactive ketones (excluding diaryl/α,β-unsaturated/α-hetero) is 1. The maximum absolute atomic E-state index is 10.9. The lowest BCUT2D eigenvalue weighted by molar-refractivity contribution is -0.118. The van der Waals surface area contributed by atoms with Crippen LogP contribution in [-0.4, -0.2) is 54.9 Å². The third-order valence-electron chi connectivity index (χ3n) is 2.78. The van der Waals surface area contributed by atoms with E-state index in [1.165, 1.54) is 6.42 Å². The highest BCUT2D eigenvalue weighted by Gasteiger charge is 2.22. The van der Waals surface area contributed by atoms with E-state index >= 15 is 0 Å². The molecule has 1 aliphatic heterocycles. The first-order chi connectivity index (χ1) is 6.13. The fourth-order valence-corrected chi connectivity index (χ4v) is 1.91. The van der Waals surface area contributed by atoms with Crippen molar-refractivity contribution in [2.75, 3.05) is 33.2 Å². The zero-order chi connectivity index (χ0) is 9.84. The van der Waals surface area contributed by atoms with Gasteiger partial charge in [0.25, 0.3) is 0 Å². The monoisotopic (exact) mass is 184 g/mol. The Balaban J connectivity index is 2.40. The zero-order valence-corrected chi connectivity index (χ0v) is 8.92. The van der Waals surface area contributed by atoms with Crippen molar-refractivity contribution in [1.29, 1.82) is 0 Å². The molecule has 0 radical (unpaired) electrons. The van der Waals surface area contributed by atoms with E-state index in [0.717, 1.165) is 19.6 Å². The van der Waals surface area contributed by atoms with E-state index < -0.39 is 0 Å². The van der Waals surface area contributed by atoms with Crippen molar-refractivity contribution < 1.29 is 4.79 Å². The first-order valence-electron chi connectivity index (χ1n) is 5.05. The van der Waals surface area contributed by atoms with Gasteiger partial charge in [0, 0.05) is 25.7 Å². The summed E-state index contributed by atoms with van der Waals surface area (Å²) in [6.45, 7) is 7.67. The molecule has 0 aromatic heterocycles. The molecule has 0 N–H and O–H groups in total. The molecule has 0 spiro atoms. The summed E-state index contributed by atoms with van der Waals surface area (Å²) < 4.78 is 0. The zero-order valence-electron chi connectivity index (χ0n) is 8.92. The summed E-state index contributed by atoms with van der Waals surface area (Å²) in [7, 11) is 2.17. The van der Waals surface area contributed by atoms with Crippen molar-refractivity contribution >= 4 is 5.78 Å². The van der Waals surface area contributed by atoms with Crippen molar-refractivity contribution in [3.8, 4) is 0 Å². The molecular weight excluding hydrogens is 164 g/mol. The van der Waals surface area contributed by atoms with Gasteiger partial charge < -0.3 is 4.90 Å². The van der Waals surface area contributed by atoms with E-state index in [1.807, 2.05) is 0 Å². The van der Waals surface area contributed by atoms with Crippen molar-refractivity contribution in [2.45, 2.75) is 26.3 Å². The van der Waals surface area contributed by atoms with Crippen LogP contribution in [0.4, 0.5) is 0 Å². The Labute approximate surface area is 80.7 Å². The summed E-state index contributed by atoms with van der Waals surface area (Å²) in [6.07, 6.45) is 1.17. The Morgan fingerprint density at radius 1 is 1.46 bits per heavy atom. The lowest BCUT2D eigenvalue weighted by Gasteiger charge is -2.38. The van der Waals surface area contributed by atoms with Crippen LogP contribution in [0.5, 0.6) is 0 Å². The molecule has 1 atom stereocenters. The maximum atomic E-state index is 10.9. The quantitative estimate of drug-likeness (QED) is 0.642. The Morgan fingerprint density at radius 2 is 2.15 bits per heavy atom. The van der Waals surface area contributed by atoms with Crippen molar-refractivity contribution in [2.24, 2.45) is 0 Å². The molecule has 1 heterocycles. The average molecular weight is 184 g/mol. The van der Waals surface area contributed by atoms with E-state index in [9.17, 15) is 4.79 Å². The molecule has 0 saturated carbocycles. The molecule has 0 aromatic rings. The first-order valence-corrected chi connectivity index (χ1v) is 5.05. The van der Waals surface area contributed by atoms with Gasteiger partial charge in [-0.25, -0.2) is 0 Å². The minimum atomic E-state index is 0.277. The van der Waals surface area contributed by atoms with Crippen molar-refractivity contribution in [3.05, 3.63) is 0 Å². The molecule has 1 rings (SSSR count). The number of hydrogen-bond acceptors (Lipinski definition) is 3. The van der Waals surface area contributed by atoms with Crippen LogP contribution in [0.3, 0.4) is 0 Å². The average Bonchev–Trinajstić information content (AvgIpc) is 2.07. The summed E-state index contributed by atoms with van der Waals surface area (Å²) in [6, 6.07) is 0.632. The van der Waals surface area contributed by atoms with E-state index in [2.05, 4.69) is 23.8 Å². The van der Waals surface area contributed by atoms with Gasteiger partial charge in [0.15, 0.2) is 0 Å². The highest BCUT2D eigenvalue weighted by Crippen LogP contribution is 2.09. The Hall–Kier alpha value is -0.410. The number of piperazine rings is 1. The second-order valence-corrected chi connectivity index (χ2v) is 3.98. The fraction of sp³-hybridized carbons (Fsp3) is 0.900. The van der Waals surface area contributed by atoms with E-state index in [1.54, 1.807) is 6.92 Å². The molecule has 1 saturated heterocycles. The maximum Gasteiger partial charge on any atom is 0.143 e. The minimum absolute atomic E-state index is 0.277. The summed E-state index contributed by atoms with van der Waals surface area (Å²) in [4.78, 5) is 15.6. The molecule has 1 unspecified atom stereocenters. The molecule has 1 aliphatic rings. The number of rotatable bonds is 3. The van der Waals surface area contributed by atoms with Crippen LogP contribution < -0.4 is 0 Å². The molecule has 0 aromatic carbocycles. The molecule has 0 amide bonds. The molecule has 13 heavy (non-hydrogen) atoms. The van der Waals surface area contributed by atoms with Gasteiger partial charge in [-0.05, 0) is 20.4 Å². The predicted molar refractivity (Wildman–Crippen MR) is 53.8 cm³/mol. The number of nitrogens with zero attached hydrogens (tertiary/aromatic N) is 2. The number of hydrogen-bond donors (Lipinski definition) is 0.